The lowest BCUT2D eigenvalue weighted by atomic mass is 10.3. The third-order valence-electron chi connectivity index (χ3n) is 4.32. The van der Waals surface area contributed by atoms with Crippen molar-refractivity contribution in [1.29, 1.82) is 0 Å². The van der Waals surface area contributed by atoms with Crippen molar-refractivity contribution in [2.75, 3.05) is 31.1 Å². The maximum atomic E-state index is 5.53. The van der Waals surface area contributed by atoms with Crippen LogP contribution >= 0.6 is 12.2 Å². The molecule has 1 saturated heterocycles. The average molecular weight is 355 g/mol. The molecule has 3 aromatic rings. The van der Waals surface area contributed by atoms with Gasteiger partial charge in [0.25, 0.3) is 0 Å². The van der Waals surface area contributed by atoms with E-state index < -0.39 is 0 Å². The molecule has 0 radical (unpaired) electrons. The minimum atomic E-state index is 0.618. The Kier molecular flexibility index (Phi) is 4.49. The van der Waals surface area contributed by atoms with Gasteiger partial charge in [0.15, 0.2) is 6.67 Å². The first kappa shape index (κ1) is 15.9. The number of aromatic nitrogens is 6. The third-order valence-corrected chi connectivity index (χ3v) is 4.70. The Morgan fingerprint density at radius 2 is 1.68 bits per heavy atom. The van der Waals surface area contributed by atoms with E-state index in [4.69, 9.17) is 12.2 Å². The van der Waals surface area contributed by atoms with E-state index in [1.165, 1.54) is 4.90 Å². The standard InChI is InChI=1S/C16H18N8S/c25-16-23(19-20-24(16)14-5-2-1-3-6-14)13-21-9-11-22(12-10-21)15-17-7-4-8-18-15/h1-8H,9-13H2/p+1. The Morgan fingerprint density at radius 1 is 0.960 bits per heavy atom. The molecule has 8 nitrogen and oxygen atoms in total. The molecule has 9 heteroatoms. The summed E-state index contributed by atoms with van der Waals surface area (Å²) in [6.45, 7) is 4.52. The molecule has 0 spiro atoms. The number of hydrogen-bond acceptors (Lipinski definition) is 6. The van der Waals surface area contributed by atoms with Crippen LogP contribution in [0.5, 0.6) is 0 Å². The van der Waals surface area contributed by atoms with Crippen molar-refractivity contribution in [3.05, 3.63) is 53.6 Å². The number of hydrogen-bond donors (Lipinski definition) is 1. The second kappa shape index (κ2) is 7.08. The number of nitrogens with one attached hydrogen (secondary N) is 1. The summed E-state index contributed by atoms with van der Waals surface area (Å²) < 4.78 is 4.11. The predicted octanol–water partition coefficient (Wildman–Crippen LogP) is -0.0491. The zero-order valence-electron chi connectivity index (χ0n) is 13.7. The Labute approximate surface area is 150 Å². The van der Waals surface area contributed by atoms with Gasteiger partial charge in [-0.1, -0.05) is 18.2 Å². The van der Waals surface area contributed by atoms with E-state index in [1.54, 1.807) is 21.8 Å². The number of anilines is 1. The lowest BCUT2D eigenvalue weighted by Crippen LogP contribution is -3.14. The molecule has 0 saturated carbocycles. The molecule has 1 fully saturated rings. The Bertz CT molecular complexity index is 868. The normalized spacial score (nSPS) is 15.4. The van der Waals surface area contributed by atoms with Gasteiger partial charge in [-0.3, -0.25) is 0 Å². The molecular weight excluding hydrogens is 336 g/mol. The molecule has 0 aliphatic carbocycles. The number of tetrazole rings is 1. The smallest absolute Gasteiger partial charge is 0.225 e. The van der Waals surface area contributed by atoms with Crippen LogP contribution in [-0.2, 0) is 6.67 Å². The van der Waals surface area contributed by atoms with Gasteiger partial charge in [-0.25, -0.2) is 9.97 Å². The van der Waals surface area contributed by atoms with Gasteiger partial charge in [0, 0.05) is 12.4 Å². The summed E-state index contributed by atoms with van der Waals surface area (Å²) >= 11 is 5.53. The van der Waals surface area contributed by atoms with Crippen molar-refractivity contribution in [3.8, 4) is 5.69 Å². The van der Waals surface area contributed by atoms with Gasteiger partial charge in [-0.15, -0.1) is 0 Å². The fourth-order valence-corrected chi connectivity index (χ4v) is 3.20. The Morgan fingerprint density at radius 3 is 2.40 bits per heavy atom. The van der Waals surface area contributed by atoms with Crippen molar-refractivity contribution in [2.24, 2.45) is 0 Å². The largest absolute Gasteiger partial charge is 0.330 e. The molecule has 2 aromatic heterocycles. The second-order valence-corrected chi connectivity index (χ2v) is 6.32. The Balaban J connectivity index is 1.41. The molecule has 0 bridgehead atoms. The minimum Gasteiger partial charge on any atom is -0.330 e. The Hall–Kier alpha value is -2.65. The summed E-state index contributed by atoms with van der Waals surface area (Å²) in [5, 5.41) is 8.43. The summed E-state index contributed by atoms with van der Waals surface area (Å²) in [6.07, 6.45) is 3.56. The molecule has 3 heterocycles. The van der Waals surface area contributed by atoms with E-state index in [0.29, 0.717) is 4.77 Å². The molecule has 1 aliphatic rings. The number of rotatable bonds is 4. The molecule has 1 aliphatic heterocycles. The van der Waals surface area contributed by atoms with Crippen molar-refractivity contribution < 1.29 is 4.90 Å². The molecule has 4 rings (SSSR count). The van der Waals surface area contributed by atoms with Gasteiger partial charge >= 0.3 is 0 Å². The number of quaternary nitrogens is 1. The molecule has 1 N–H and O–H groups in total. The maximum absolute atomic E-state index is 5.53. The van der Waals surface area contributed by atoms with Crippen LogP contribution in [0, 0.1) is 4.77 Å². The van der Waals surface area contributed by atoms with E-state index in [-0.39, 0.29) is 0 Å². The van der Waals surface area contributed by atoms with Crippen LogP contribution in [0.15, 0.2) is 48.8 Å². The highest BCUT2D eigenvalue weighted by Crippen LogP contribution is 2.06. The number of piperazine rings is 1. The van der Waals surface area contributed by atoms with Crippen LogP contribution in [0.25, 0.3) is 5.69 Å². The van der Waals surface area contributed by atoms with Gasteiger partial charge in [0.1, 0.15) is 0 Å². The summed E-state index contributed by atoms with van der Waals surface area (Å²) in [5.74, 6) is 0.799. The zero-order chi connectivity index (χ0) is 17.1. The van der Waals surface area contributed by atoms with Crippen LogP contribution in [0.1, 0.15) is 0 Å². The molecule has 25 heavy (non-hydrogen) atoms. The van der Waals surface area contributed by atoms with Gasteiger partial charge in [0.2, 0.25) is 10.7 Å². The highest BCUT2D eigenvalue weighted by molar-refractivity contribution is 7.71. The topological polar surface area (TPSA) is 69.1 Å². The quantitative estimate of drug-likeness (QED) is 0.662. The number of para-hydroxylation sites is 1. The molecule has 1 aromatic carbocycles. The molecular formula is C16H19N8S+. The molecule has 0 atom stereocenters. The van der Waals surface area contributed by atoms with Crippen molar-refractivity contribution >= 4 is 18.2 Å². The summed E-state index contributed by atoms with van der Waals surface area (Å²) in [6, 6.07) is 11.7. The van der Waals surface area contributed by atoms with Crippen LogP contribution in [0.3, 0.4) is 0 Å². The lowest BCUT2D eigenvalue weighted by Gasteiger charge is -2.31. The first-order chi connectivity index (χ1) is 12.3. The number of nitrogens with zero attached hydrogens (tertiary/aromatic N) is 7. The number of benzene rings is 1. The van der Waals surface area contributed by atoms with Gasteiger partial charge in [-0.05, 0) is 40.8 Å². The van der Waals surface area contributed by atoms with Crippen molar-refractivity contribution in [2.45, 2.75) is 6.67 Å². The van der Waals surface area contributed by atoms with E-state index in [0.717, 1.165) is 44.5 Å². The van der Waals surface area contributed by atoms with Crippen LogP contribution < -0.4 is 9.80 Å². The van der Waals surface area contributed by atoms with Gasteiger partial charge < -0.3 is 9.80 Å². The van der Waals surface area contributed by atoms with Gasteiger partial charge in [-0.2, -0.15) is 9.36 Å². The first-order valence-electron chi connectivity index (χ1n) is 8.25. The van der Waals surface area contributed by atoms with Crippen molar-refractivity contribution in [1.82, 2.24) is 29.8 Å². The third kappa shape index (κ3) is 3.42. The van der Waals surface area contributed by atoms with Crippen molar-refractivity contribution in [3.63, 3.8) is 0 Å². The fraction of sp³-hybridized carbons (Fsp3) is 0.312. The predicted molar refractivity (Wildman–Crippen MR) is 95.1 cm³/mol. The van der Waals surface area contributed by atoms with Crippen LogP contribution in [0.2, 0.25) is 0 Å². The maximum Gasteiger partial charge on any atom is 0.225 e. The SMILES string of the molecule is S=c1n(C[NH+]2CCN(c3ncccn3)CC2)nnn1-c1ccccc1. The summed E-state index contributed by atoms with van der Waals surface area (Å²) in [7, 11) is 0. The highest BCUT2D eigenvalue weighted by Gasteiger charge is 2.22. The van der Waals surface area contributed by atoms with E-state index in [2.05, 4.69) is 25.3 Å². The summed E-state index contributed by atoms with van der Waals surface area (Å²) in [5.41, 5.74) is 0.930. The average Bonchev–Trinajstić information content (AvgIpc) is 3.04. The molecule has 128 valence electrons. The lowest BCUT2D eigenvalue weighted by molar-refractivity contribution is -0.924. The fourth-order valence-electron chi connectivity index (χ4n) is 2.95. The minimum absolute atomic E-state index is 0.618. The van der Waals surface area contributed by atoms with E-state index >= 15 is 0 Å². The highest BCUT2D eigenvalue weighted by atomic mass is 32.1. The molecule has 0 amide bonds. The van der Waals surface area contributed by atoms with Crippen LogP contribution in [-0.4, -0.2) is 55.9 Å². The summed E-state index contributed by atoms with van der Waals surface area (Å²) in [4.78, 5) is 12.3. The zero-order valence-corrected chi connectivity index (χ0v) is 14.5. The van der Waals surface area contributed by atoms with Crippen LogP contribution in [0.4, 0.5) is 5.95 Å². The van der Waals surface area contributed by atoms with E-state index in [9.17, 15) is 0 Å². The van der Waals surface area contributed by atoms with E-state index in [1.807, 2.05) is 36.4 Å². The monoisotopic (exact) mass is 355 g/mol. The second-order valence-electron chi connectivity index (χ2n) is 5.95. The molecule has 0 unspecified atom stereocenters. The van der Waals surface area contributed by atoms with Gasteiger partial charge in [0.05, 0.1) is 31.9 Å². The first-order valence-corrected chi connectivity index (χ1v) is 8.66.